The number of pyridine rings is 1. The topological polar surface area (TPSA) is 45.6 Å². The molecule has 8 rings (SSSR count). The number of likely N-dealkylation sites (N-methyl/N-ethyl adjacent to an activating group) is 1. The van der Waals surface area contributed by atoms with Crippen LogP contribution in [-0.4, -0.2) is 40.2 Å². The first-order valence-corrected chi connectivity index (χ1v) is 13.1. The Labute approximate surface area is 201 Å². The first kappa shape index (κ1) is 19.8. The van der Waals surface area contributed by atoms with Crippen molar-refractivity contribution in [1.29, 1.82) is 0 Å². The highest BCUT2D eigenvalue weighted by Crippen LogP contribution is 2.67. The van der Waals surface area contributed by atoms with E-state index < -0.39 is 11.0 Å². The van der Waals surface area contributed by atoms with E-state index in [4.69, 9.17) is 9.72 Å². The summed E-state index contributed by atoms with van der Waals surface area (Å²) in [5, 5.41) is 14.0. The van der Waals surface area contributed by atoms with E-state index in [1.54, 1.807) is 0 Å². The van der Waals surface area contributed by atoms with Crippen LogP contribution >= 0.6 is 0 Å². The number of benzene rings is 2. The van der Waals surface area contributed by atoms with Crippen LogP contribution in [0.3, 0.4) is 0 Å². The first-order chi connectivity index (χ1) is 16.4. The lowest BCUT2D eigenvalue weighted by molar-refractivity contribution is -0.168. The van der Waals surface area contributed by atoms with E-state index in [9.17, 15) is 5.11 Å². The van der Waals surface area contributed by atoms with Crippen LogP contribution in [-0.2, 0) is 31.1 Å². The fourth-order valence-electron chi connectivity index (χ4n) is 8.56. The molecule has 0 unspecified atom stereocenters. The fourth-order valence-corrected chi connectivity index (χ4v) is 8.56. The number of aliphatic hydroxyl groups is 1. The van der Waals surface area contributed by atoms with Crippen molar-refractivity contribution in [2.75, 3.05) is 13.6 Å². The molecule has 1 aromatic heterocycles. The van der Waals surface area contributed by atoms with E-state index in [-0.39, 0.29) is 12.1 Å². The van der Waals surface area contributed by atoms with E-state index in [0.717, 1.165) is 43.7 Å². The van der Waals surface area contributed by atoms with E-state index in [2.05, 4.69) is 50.1 Å². The third-order valence-electron chi connectivity index (χ3n) is 10.3. The van der Waals surface area contributed by atoms with Crippen LogP contribution in [0.5, 0.6) is 5.75 Å². The molecule has 3 aliphatic carbocycles. The second-order valence-electron chi connectivity index (χ2n) is 11.7. The lowest BCUT2D eigenvalue weighted by Gasteiger charge is -2.62. The smallest absolute Gasteiger partial charge is 0.153 e. The largest absolute Gasteiger partial charge is 0.482 e. The summed E-state index contributed by atoms with van der Waals surface area (Å²) in [5.74, 6) is 1.02. The minimum Gasteiger partial charge on any atom is -0.482 e. The summed E-state index contributed by atoms with van der Waals surface area (Å²) in [4.78, 5) is 7.87. The van der Waals surface area contributed by atoms with Gasteiger partial charge in [0.15, 0.2) is 6.10 Å². The zero-order valence-electron chi connectivity index (χ0n) is 20.4. The summed E-state index contributed by atoms with van der Waals surface area (Å²) in [6.07, 6.45) is 7.05. The normalized spacial score (nSPS) is 32.7. The van der Waals surface area contributed by atoms with Crippen molar-refractivity contribution < 1.29 is 9.84 Å². The maximum atomic E-state index is 12.8. The van der Waals surface area contributed by atoms with Crippen molar-refractivity contribution in [2.24, 2.45) is 0 Å². The van der Waals surface area contributed by atoms with Crippen LogP contribution in [0, 0.1) is 13.8 Å². The second kappa shape index (κ2) is 6.22. The molecule has 3 heterocycles. The summed E-state index contributed by atoms with van der Waals surface area (Å²) in [6, 6.07) is 9.21. The van der Waals surface area contributed by atoms with Crippen LogP contribution < -0.4 is 4.74 Å². The highest BCUT2D eigenvalue weighted by atomic mass is 16.5. The lowest BCUT2D eigenvalue weighted by atomic mass is 9.48. The Balaban J connectivity index is 1.47. The monoisotopic (exact) mass is 452 g/mol. The van der Waals surface area contributed by atoms with Gasteiger partial charge in [-0.1, -0.05) is 24.3 Å². The minimum absolute atomic E-state index is 0.0975. The summed E-state index contributed by atoms with van der Waals surface area (Å²) >= 11 is 0. The van der Waals surface area contributed by atoms with Crippen LogP contribution in [0.2, 0.25) is 0 Å². The molecule has 0 saturated carbocycles. The van der Waals surface area contributed by atoms with Gasteiger partial charge < -0.3 is 14.7 Å². The standard InChI is InChI=1S/C30H32N2O2/c1-16-8-9-19-14-23-30(33)15-22-17(2)20-11-10-18-6-4-5-7-21(18)25(20)31-26(22)28-29(30,12-13-32(23)3)24(19)27(16)34-28/h8-11,23,28,33H,4-7,12-15H2,1-3H3/t23-,28-,29-,30+/m0/s1. The van der Waals surface area contributed by atoms with Gasteiger partial charge >= 0.3 is 0 Å². The number of fused-ring (bicyclic) bond motifs is 5. The maximum Gasteiger partial charge on any atom is 0.153 e. The average Bonchev–Trinajstić information content (AvgIpc) is 3.20. The lowest BCUT2D eigenvalue weighted by Crippen LogP contribution is -2.74. The number of hydrogen-bond acceptors (Lipinski definition) is 4. The van der Waals surface area contributed by atoms with Crippen LogP contribution in [0.4, 0.5) is 0 Å². The van der Waals surface area contributed by atoms with Crippen molar-refractivity contribution in [3.63, 3.8) is 0 Å². The molecule has 1 fully saturated rings. The van der Waals surface area contributed by atoms with Gasteiger partial charge in [0.2, 0.25) is 0 Å². The SMILES string of the molecule is Cc1ccc2c3c1O[C@H]1c4nc5c6c(ccc5c(C)c4C[C@@]4(O)[C@H](C2)N(C)CC[C@]314)CCCC6. The number of hydrogen-bond donors (Lipinski definition) is 1. The molecule has 0 amide bonds. The molecule has 2 aliphatic heterocycles. The van der Waals surface area contributed by atoms with Crippen molar-refractivity contribution in [3.05, 3.63) is 68.9 Å². The number of likely N-dealkylation sites (tertiary alicyclic amines) is 1. The zero-order chi connectivity index (χ0) is 23.0. The summed E-state index contributed by atoms with van der Waals surface area (Å²) in [7, 11) is 2.19. The quantitative estimate of drug-likeness (QED) is 0.539. The van der Waals surface area contributed by atoms with Gasteiger partial charge in [0, 0.05) is 23.4 Å². The predicted molar refractivity (Wildman–Crippen MR) is 133 cm³/mol. The molecular formula is C30H32N2O2. The molecule has 4 nitrogen and oxygen atoms in total. The molecule has 34 heavy (non-hydrogen) atoms. The van der Waals surface area contributed by atoms with E-state index in [0.29, 0.717) is 6.42 Å². The molecule has 1 spiro atoms. The molecule has 0 radical (unpaired) electrons. The van der Waals surface area contributed by atoms with Crippen molar-refractivity contribution in [2.45, 2.75) is 82.0 Å². The average molecular weight is 453 g/mol. The maximum absolute atomic E-state index is 12.8. The van der Waals surface area contributed by atoms with E-state index in [1.165, 1.54) is 62.7 Å². The molecule has 2 bridgehead atoms. The van der Waals surface area contributed by atoms with Gasteiger partial charge in [0.25, 0.3) is 0 Å². The Morgan fingerprint density at radius 2 is 1.88 bits per heavy atom. The Bertz CT molecular complexity index is 1430. The van der Waals surface area contributed by atoms with Gasteiger partial charge in [-0.15, -0.1) is 0 Å². The third kappa shape index (κ3) is 2.05. The summed E-state index contributed by atoms with van der Waals surface area (Å²) in [5.41, 5.74) is 10.3. The second-order valence-corrected chi connectivity index (χ2v) is 11.7. The highest BCUT2D eigenvalue weighted by Gasteiger charge is 2.72. The van der Waals surface area contributed by atoms with Crippen molar-refractivity contribution in [3.8, 4) is 5.75 Å². The molecule has 4 atom stereocenters. The van der Waals surface area contributed by atoms with Crippen LogP contribution in [0.15, 0.2) is 24.3 Å². The van der Waals surface area contributed by atoms with Crippen LogP contribution in [0.1, 0.15) is 70.0 Å². The van der Waals surface area contributed by atoms with Crippen molar-refractivity contribution >= 4 is 10.9 Å². The van der Waals surface area contributed by atoms with E-state index in [1.807, 2.05) is 0 Å². The van der Waals surface area contributed by atoms with E-state index >= 15 is 0 Å². The molecule has 1 N–H and O–H groups in total. The molecule has 174 valence electrons. The van der Waals surface area contributed by atoms with Gasteiger partial charge in [-0.05, 0) is 99.3 Å². The number of aromatic nitrogens is 1. The van der Waals surface area contributed by atoms with Gasteiger partial charge in [-0.3, -0.25) is 0 Å². The van der Waals surface area contributed by atoms with Gasteiger partial charge in [-0.25, -0.2) is 4.98 Å². The molecule has 3 aromatic rings. The number of aryl methyl sites for hydroxylation is 4. The van der Waals surface area contributed by atoms with Gasteiger partial charge in [0.1, 0.15) is 5.75 Å². The molecule has 5 aliphatic rings. The van der Waals surface area contributed by atoms with Gasteiger partial charge in [0.05, 0.1) is 22.2 Å². The van der Waals surface area contributed by atoms with Crippen LogP contribution in [0.25, 0.3) is 10.9 Å². The highest BCUT2D eigenvalue weighted by molar-refractivity contribution is 5.88. The zero-order valence-corrected chi connectivity index (χ0v) is 20.4. The number of rotatable bonds is 0. The third-order valence-corrected chi connectivity index (χ3v) is 10.3. The Hall–Kier alpha value is -2.43. The van der Waals surface area contributed by atoms with Gasteiger partial charge in [-0.2, -0.15) is 0 Å². The fraction of sp³-hybridized carbons (Fsp3) is 0.500. The summed E-state index contributed by atoms with van der Waals surface area (Å²) < 4.78 is 6.94. The Kier molecular flexibility index (Phi) is 3.63. The number of nitrogens with zero attached hydrogens (tertiary/aromatic N) is 2. The predicted octanol–water partition coefficient (Wildman–Crippen LogP) is 4.65. The molecule has 1 saturated heterocycles. The molecule has 4 heteroatoms. The first-order valence-electron chi connectivity index (χ1n) is 13.1. The Morgan fingerprint density at radius 1 is 1.06 bits per heavy atom. The Morgan fingerprint density at radius 3 is 2.76 bits per heavy atom. The minimum atomic E-state index is -0.849. The summed E-state index contributed by atoms with van der Waals surface area (Å²) in [6.45, 7) is 5.39. The molecule has 2 aromatic carbocycles. The van der Waals surface area contributed by atoms with Crippen molar-refractivity contribution in [1.82, 2.24) is 9.88 Å². The number of ether oxygens (including phenoxy) is 1. The number of piperidine rings is 1. The molecular weight excluding hydrogens is 420 g/mol.